The zero-order chi connectivity index (χ0) is 11.1. The summed E-state index contributed by atoms with van der Waals surface area (Å²) in [6.07, 6.45) is 1.91. The molecule has 15 heavy (non-hydrogen) atoms. The zero-order valence-corrected chi connectivity index (χ0v) is 8.54. The largest absolute Gasteiger partial charge is 0.356 e. The molecule has 0 radical (unpaired) electrons. The third-order valence-corrected chi connectivity index (χ3v) is 1.76. The Hall–Kier alpha value is -1.85. The molecule has 0 saturated heterocycles. The van der Waals surface area contributed by atoms with Gasteiger partial charge in [-0.2, -0.15) is 5.10 Å². The lowest BCUT2D eigenvalue weighted by Gasteiger charge is -2.03. The quantitative estimate of drug-likeness (QED) is 0.615. The SMILES string of the molecule is CC(=O)NCCC(=O)NCc1ccn[nH]1. The molecule has 1 aromatic heterocycles. The number of carbonyl (C=O) groups excluding carboxylic acids is 2. The summed E-state index contributed by atoms with van der Waals surface area (Å²) in [5, 5.41) is 11.7. The highest BCUT2D eigenvalue weighted by molar-refractivity contribution is 5.77. The second-order valence-corrected chi connectivity index (χ2v) is 3.09. The molecule has 0 saturated carbocycles. The van der Waals surface area contributed by atoms with Gasteiger partial charge in [-0.05, 0) is 6.07 Å². The van der Waals surface area contributed by atoms with Crippen LogP contribution in [0, 0.1) is 0 Å². The molecule has 1 rings (SSSR count). The molecular weight excluding hydrogens is 196 g/mol. The first kappa shape index (κ1) is 11.2. The number of aromatic amines is 1. The van der Waals surface area contributed by atoms with Gasteiger partial charge in [-0.1, -0.05) is 0 Å². The predicted octanol–water partition coefficient (Wildman–Crippen LogP) is -0.448. The maximum atomic E-state index is 11.2. The lowest BCUT2D eigenvalue weighted by atomic mass is 10.3. The number of hydrogen-bond acceptors (Lipinski definition) is 3. The Morgan fingerprint density at radius 3 is 2.87 bits per heavy atom. The van der Waals surface area contributed by atoms with Crippen molar-refractivity contribution in [2.24, 2.45) is 0 Å². The van der Waals surface area contributed by atoms with Crippen LogP contribution in [0.2, 0.25) is 0 Å². The third kappa shape index (κ3) is 4.80. The van der Waals surface area contributed by atoms with Gasteiger partial charge in [-0.15, -0.1) is 0 Å². The van der Waals surface area contributed by atoms with Gasteiger partial charge in [-0.3, -0.25) is 14.7 Å². The number of hydrogen-bond donors (Lipinski definition) is 3. The van der Waals surface area contributed by atoms with Gasteiger partial charge in [0.2, 0.25) is 11.8 Å². The Labute approximate surface area is 87.4 Å². The van der Waals surface area contributed by atoms with Gasteiger partial charge in [0, 0.05) is 26.1 Å². The fourth-order valence-corrected chi connectivity index (χ4v) is 1.02. The number of aromatic nitrogens is 2. The summed E-state index contributed by atoms with van der Waals surface area (Å²) in [5.41, 5.74) is 0.850. The molecule has 82 valence electrons. The van der Waals surface area contributed by atoms with E-state index in [0.717, 1.165) is 5.69 Å². The van der Waals surface area contributed by atoms with E-state index in [0.29, 0.717) is 13.1 Å². The third-order valence-electron chi connectivity index (χ3n) is 1.76. The summed E-state index contributed by atoms with van der Waals surface area (Å²) in [4.78, 5) is 21.7. The molecule has 6 heteroatoms. The van der Waals surface area contributed by atoms with Crippen molar-refractivity contribution in [3.8, 4) is 0 Å². The molecule has 0 aliphatic heterocycles. The minimum absolute atomic E-state index is 0.0987. The monoisotopic (exact) mass is 210 g/mol. The molecule has 1 heterocycles. The number of nitrogens with one attached hydrogen (secondary N) is 3. The van der Waals surface area contributed by atoms with Gasteiger partial charge < -0.3 is 10.6 Å². The molecule has 2 amide bonds. The fourth-order valence-electron chi connectivity index (χ4n) is 1.02. The van der Waals surface area contributed by atoms with Gasteiger partial charge in [-0.25, -0.2) is 0 Å². The Morgan fingerprint density at radius 2 is 2.27 bits per heavy atom. The van der Waals surface area contributed by atoms with E-state index in [-0.39, 0.29) is 18.2 Å². The maximum Gasteiger partial charge on any atom is 0.222 e. The van der Waals surface area contributed by atoms with E-state index < -0.39 is 0 Å². The van der Waals surface area contributed by atoms with Crippen molar-refractivity contribution in [1.82, 2.24) is 20.8 Å². The molecule has 3 N–H and O–H groups in total. The van der Waals surface area contributed by atoms with Crippen LogP contribution in [-0.4, -0.2) is 28.6 Å². The van der Waals surface area contributed by atoms with Crippen molar-refractivity contribution >= 4 is 11.8 Å². The van der Waals surface area contributed by atoms with Gasteiger partial charge in [0.05, 0.1) is 12.2 Å². The lowest BCUT2D eigenvalue weighted by Crippen LogP contribution is -2.29. The van der Waals surface area contributed by atoms with Crippen molar-refractivity contribution in [2.45, 2.75) is 19.9 Å². The molecule has 0 bridgehead atoms. The topological polar surface area (TPSA) is 86.9 Å². The Kier molecular flexibility index (Phi) is 4.33. The van der Waals surface area contributed by atoms with Crippen LogP contribution in [0.1, 0.15) is 19.0 Å². The number of rotatable bonds is 5. The highest BCUT2D eigenvalue weighted by Crippen LogP contribution is 1.90. The van der Waals surface area contributed by atoms with Crippen molar-refractivity contribution in [1.29, 1.82) is 0 Å². The normalized spacial score (nSPS) is 9.67. The van der Waals surface area contributed by atoms with Crippen LogP contribution >= 0.6 is 0 Å². The van der Waals surface area contributed by atoms with E-state index in [4.69, 9.17) is 0 Å². The summed E-state index contributed by atoms with van der Waals surface area (Å²) in [6, 6.07) is 1.79. The summed E-state index contributed by atoms with van der Waals surface area (Å²) >= 11 is 0. The zero-order valence-electron chi connectivity index (χ0n) is 8.54. The number of nitrogens with zero attached hydrogens (tertiary/aromatic N) is 1. The molecule has 6 nitrogen and oxygen atoms in total. The lowest BCUT2D eigenvalue weighted by molar-refractivity contribution is -0.121. The first-order chi connectivity index (χ1) is 7.18. The van der Waals surface area contributed by atoms with E-state index in [1.165, 1.54) is 6.92 Å². The molecule has 1 aromatic rings. The summed E-state index contributed by atoms with van der Waals surface area (Å²) in [6.45, 7) is 2.21. The molecule has 0 aliphatic rings. The van der Waals surface area contributed by atoms with E-state index in [2.05, 4.69) is 20.8 Å². The van der Waals surface area contributed by atoms with E-state index in [1.807, 2.05) is 0 Å². The Morgan fingerprint density at radius 1 is 1.47 bits per heavy atom. The molecular formula is C9H14N4O2. The standard InChI is InChI=1S/C9H14N4O2/c1-7(14)10-4-3-9(15)11-6-8-2-5-12-13-8/h2,5H,3-4,6H2,1H3,(H,10,14)(H,11,15)(H,12,13). The van der Waals surface area contributed by atoms with E-state index in [9.17, 15) is 9.59 Å². The van der Waals surface area contributed by atoms with Crippen LogP contribution in [0.3, 0.4) is 0 Å². The molecule has 0 unspecified atom stereocenters. The molecule has 0 atom stereocenters. The predicted molar refractivity (Wildman–Crippen MR) is 53.7 cm³/mol. The second kappa shape index (κ2) is 5.79. The van der Waals surface area contributed by atoms with Crippen LogP contribution in [0.5, 0.6) is 0 Å². The average Bonchev–Trinajstić information content (AvgIpc) is 2.66. The maximum absolute atomic E-state index is 11.2. The Bertz CT molecular complexity index is 321. The first-order valence-electron chi connectivity index (χ1n) is 4.68. The van der Waals surface area contributed by atoms with E-state index in [1.54, 1.807) is 12.3 Å². The highest BCUT2D eigenvalue weighted by atomic mass is 16.2. The highest BCUT2D eigenvalue weighted by Gasteiger charge is 2.01. The summed E-state index contributed by atoms with van der Waals surface area (Å²) < 4.78 is 0. The number of amides is 2. The number of H-pyrrole nitrogens is 1. The van der Waals surface area contributed by atoms with Crippen molar-refractivity contribution in [3.63, 3.8) is 0 Å². The molecule has 0 aliphatic carbocycles. The fraction of sp³-hybridized carbons (Fsp3) is 0.444. The van der Waals surface area contributed by atoms with Gasteiger partial charge in [0.15, 0.2) is 0 Å². The van der Waals surface area contributed by atoms with Crippen LogP contribution in [0.15, 0.2) is 12.3 Å². The molecule has 0 fully saturated rings. The van der Waals surface area contributed by atoms with Crippen molar-refractivity contribution in [3.05, 3.63) is 18.0 Å². The minimum atomic E-state index is -0.128. The van der Waals surface area contributed by atoms with E-state index >= 15 is 0 Å². The second-order valence-electron chi connectivity index (χ2n) is 3.09. The average molecular weight is 210 g/mol. The van der Waals surface area contributed by atoms with Crippen LogP contribution < -0.4 is 10.6 Å². The van der Waals surface area contributed by atoms with Gasteiger partial charge in [0.1, 0.15) is 0 Å². The number of carbonyl (C=O) groups is 2. The van der Waals surface area contributed by atoms with Crippen LogP contribution in [0.25, 0.3) is 0 Å². The van der Waals surface area contributed by atoms with Gasteiger partial charge >= 0.3 is 0 Å². The first-order valence-corrected chi connectivity index (χ1v) is 4.68. The van der Waals surface area contributed by atoms with Crippen molar-refractivity contribution < 1.29 is 9.59 Å². The van der Waals surface area contributed by atoms with Gasteiger partial charge in [0.25, 0.3) is 0 Å². The minimum Gasteiger partial charge on any atom is -0.356 e. The Balaban J connectivity index is 2.11. The molecule has 0 spiro atoms. The summed E-state index contributed by atoms with van der Waals surface area (Å²) in [5.74, 6) is -0.227. The smallest absolute Gasteiger partial charge is 0.222 e. The van der Waals surface area contributed by atoms with Crippen molar-refractivity contribution in [2.75, 3.05) is 6.54 Å². The van der Waals surface area contributed by atoms with Crippen LogP contribution in [0.4, 0.5) is 0 Å². The summed E-state index contributed by atoms with van der Waals surface area (Å²) in [7, 11) is 0. The van der Waals surface area contributed by atoms with Crippen LogP contribution in [-0.2, 0) is 16.1 Å². The molecule has 0 aromatic carbocycles.